The van der Waals surface area contributed by atoms with E-state index in [4.69, 9.17) is 9.84 Å². The topological polar surface area (TPSA) is 120 Å². The molecule has 9 nitrogen and oxygen atoms in total. The van der Waals surface area contributed by atoms with E-state index in [9.17, 15) is 9.59 Å². The summed E-state index contributed by atoms with van der Waals surface area (Å²) in [5.74, 6) is 0.416. The van der Waals surface area contributed by atoms with Gasteiger partial charge in [0.25, 0.3) is 0 Å². The highest BCUT2D eigenvalue weighted by atomic mass is 16.5. The molecule has 0 bridgehead atoms. The highest BCUT2D eigenvalue weighted by Gasteiger charge is 2.16. The van der Waals surface area contributed by atoms with Gasteiger partial charge < -0.3 is 20.1 Å². The van der Waals surface area contributed by atoms with Gasteiger partial charge in [0.05, 0.1) is 18.2 Å². The number of hydrogen-bond acceptors (Lipinski definition) is 5. The van der Waals surface area contributed by atoms with Gasteiger partial charge in [-0.15, -0.1) is 0 Å². The summed E-state index contributed by atoms with van der Waals surface area (Å²) in [6.45, 7) is 2.72. The molecule has 0 aliphatic heterocycles. The molecule has 0 saturated carbocycles. The first-order chi connectivity index (χ1) is 15.5. The van der Waals surface area contributed by atoms with E-state index in [-0.39, 0.29) is 12.5 Å². The van der Waals surface area contributed by atoms with E-state index in [1.807, 2.05) is 43.3 Å². The average molecular weight is 438 g/mol. The fourth-order valence-corrected chi connectivity index (χ4v) is 3.22. The average Bonchev–Trinajstić information content (AvgIpc) is 3.32. The van der Waals surface area contributed by atoms with Crippen molar-refractivity contribution in [1.29, 1.82) is 0 Å². The maximum Gasteiger partial charge on any atom is 0.322 e. The van der Waals surface area contributed by atoms with E-state index in [1.165, 1.54) is 4.90 Å². The molecule has 168 valence electrons. The lowest BCUT2D eigenvalue weighted by molar-refractivity contribution is -0.140. The van der Waals surface area contributed by atoms with Crippen molar-refractivity contribution in [3.8, 4) is 11.3 Å². The van der Waals surface area contributed by atoms with Crippen LogP contribution in [0, 0.1) is 0 Å². The number of aromatic amines is 1. The largest absolute Gasteiger partial charge is 0.481 e. The van der Waals surface area contributed by atoms with Gasteiger partial charge in [-0.3, -0.25) is 9.69 Å². The van der Waals surface area contributed by atoms with Crippen molar-refractivity contribution in [3.05, 3.63) is 66.2 Å². The number of aromatic nitrogens is 3. The Morgan fingerprint density at radius 2 is 2.00 bits per heavy atom. The minimum atomic E-state index is -0.910. The van der Waals surface area contributed by atoms with Gasteiger partial charge >= 0.3 is 12.0 Å². The molecule has 9 heteroatoms. The minimum absolute atomic E-state index is 0.0965. The van der Waals surface area contributed by atoms with Crippen molar-refractivity contribution < 1.29 is 19.4 Å². The molecule has 2 aromatic heterocycles. The predicted molar refractivity (Wildman–Crippen MR) is 120 cm³/mol. The molecule has 2 amide bonds. The van der Waals surface area contributed by atoms with Crippen LogP contribution in [0.3, 0.4) is 0 Å². The zero-order valence-corrected chi connectivity index (χ0v) is 18.1. The number of benzene rings is 1. The zero-order chi connectivity index (χ0) is 22.9. The number of imidazole rings is 1. The Balaban J connectivity index is 1.66. The molecule has 0 saturated heterocycles. The summed E-state index contributed by atoms with van der Waals surface area (Å²) in [6.07, 6.45) is 3.43. The molecule has 1 atom stereocenters. The molecule has 0 fully saturated rings. The maximum atomic E-state index is 12.5. The maximum absolute atomic E-state index is 12.5. The van der Waals surface area contributed by atoms with Crippen LogP contribution >= 0.6 is 0 Å². The highest BCUT2D eigenvalue weighted by Crippen LogP contribution is 2.26. The number of nitrogens with one attached hydrogen (secondary N) is 2. The van der Waals surface area contributed by atoms with Crippen molar-refractivity contribution in [2.24, 2.45) is 0 Å². The number of nitrogens with zero attached hydrogens (tertiary/aromatic N) is 3. The molecule has 32 heavy (non-hydrogen) atoms. The van der Waals surface area contributed by atoms with Gasteiger partial charge in [0.2, 0.25) is 0 Å². The highest BCUT2D eigenvalue weighted by molar-refractivity contribution is 5.90. The Kier molecular flexibility index (Phi) is 7.93. The molecule has 3 rings (SSSR count). The van der Waals surface area contributed by atoms with Gasteiger partial charge in [0.1, 0.15) is 11.6 Å². The lowest BCUT2D eigenvalue weighted by atomic mass is 10.0. The van der Waals surface area contributed by atoms with E-state index in [0.717, 1.165) is 17.0 Å². The number of carboxylic acids is 1. The Labute approximate surface area is 186 Å². The van der Waals surface area contributed by atoms with Gasteiger partial charge in [-0.05, 0) is 24.6 Å². The number of anilines is 1. The van der Waals surface area contributed by atoms with Gasteiger partial charge in [0.15, 0.2) is 0 Å². The third kappa shape index (κ3) is 6.14. The number of ether oxygens (including phenoxy) is 1. The summed E-state index contributed by atoms with van der Waals surface area (Å²) in [6, 6.07) is 12.6. The van der Waals surface area contributed by atoms with Gasteiger partial charge in [-0.1, -0.05) is 30.3 Å². The van der Waals surface area contributed by atoms with Crippen LogP contribution in [0.15, 0.2) is 54.9 Å². The standard InChI is InChI=1S/C23H27N5O4/c1-3-32-19(15-22(29)30)17-9-7-16(8-10-17)18-5-4-6-21(27-18)28(2)23(31)26-12-11-20-24-13-14-25-20/h4-10,13-14,19H,3,11-12,15H2,1-2H3,(H,24,25)(H,26,31)(H,29,30)/t19-/m0/s1. The summed E-state index contributed by atoms with van der Waals surface area (Å²) < 4.78 is 5.56. The summed E-state index contributed by atoms with van der Waals surface area (Å²) >= 11 is 0. The minimum Gasteiger partial charge on any atom is -0.481 e. The summed E-state index contributed by atoms with van der Waals surface area (Å²) in [7, 11) is 1.66. The normalized spacial score (nSPS) is 11.7. The van der Waals surface area contributed by atoms with Crippen LogP contribution in [0.1, 0.15) is 30.8 Å². The summed E-state index contributed by atoms with van der Waals surface area (Å²) in [5, 5.41) is 12.0. The second-order valence-electron chi connectivity index (χ2n) is 7.12. The van der Waals surface area contributed by atoms with Gasteiger partial charge in [0, 0.05) is 44.6 Å². The number of pyridine rings is 1. The second-order valence-corrected chi connectivity index (χ2v) is 7.12. The quantitative estimate of drug-likeness (QED) is 0.447. The van der Waals surface area contributed by atoms with Crippen LogP contribution in [0.5, 0.6) is 0 Å². The van der Waals surface area contributed by atoms with Crippen molar-refractivity contribution in [3.63, 3.8) is 0 Å². The van der Waals surface area contributed by atoms with E-state index in [2.05, 4.69) is 20.3 Å². The molecule has 2 heterocycles. The molecular weight excluding hydrogens is 410 g/mol. The number of carbonyl (C=O) groups excluding carboxylic acids is 1. The zero-order valence-electron chi connectivity index (χ0n) is 18.1. The molecular formula is C23H27N5O4. The van der Waals surface area contributed by atoms with Crippen molar-refractivity contribution in [2.75, 3.05) is 25.1 Å². The number of urea groups is 1. The molecule has 1 aromatic carbocycles. The van der Waals surface area contributed by atoms with Crippen LogP contribution in [0.2, 0.25) is 0 Å². The van der Waals surface area contributed by atoms with E-state index < -0.39 is 12.1 Å². The van der Waals surface area contributed by atoms with Crippen LogP contribution in [-0.2, 0) is 16.0 Å². The molecule has 0 aliphatic rings. The number of carboxylic acid groups (broad SMARTS) is 1. The Morgan fingerprint density at radius 1 is 1.22 bits per heavy atom. The lowest BCUT2D eigenvalue weighted by Crippen LogP contribution is -2.38. The Hall–Kier alpha value is -3.72. The summed E-state index contributed by atoms with van der Waals surface area (Å²) in [5.41, 5.74) is 2.35. The number of aliphatic carboxylic acids is 1. The van der Waals surface area contributed by atoms with Crippen molar-refractivity contribution in [1.82, 2.24) is 20.3 Å². The predicted octanol–water partition coefficient (Wildman–Crippen LogP) is 3.41. The fourth-order valence-electron chi connectivity index (χ4n) is 3.22. The molecule has 3 N–H and O–H groups in total. The van der Waals surface area contributed by atoms with E-state index in [1.54, 1.807) is 25.5 Å². The first-order valence-electron chi connectivity index (χ1n) is 10.4. The fraction of sp³-hybridized carbons (Fsp3) is 0.304. The number of hydrogen-bond donors (Lipinski definition) is 3. The first-order valence-corrected chi connectivity index (χ1v) is 10.4. The molecule has 0 radical (unpaired) electrons. The van der Waals surface area contributed by atoms with Gasteiger partial charge in [-0.25, -0.2) is 14.8 Å². The molecule has 0 unspecified atom stereocenters. The Bertz CT molecular complexity index is 1020. The van der Waals surface area contributed by atoms with Crippen molar-refractivity contribution in [2.45, 2.75) is 25.9 Å². The molecule has 3 aromatic rings. The first kappa shape index (κ1) is 23.0. The van der Waals surface area contributed by atoms with Crippen LogP contribution in [0.4, 0.5) is 10.6 Å². The second kappa shape index (κ2) is 11.1. The van der Waals surface area contributed by atoms with Crippen LogP contribution in [0.25, 0.3) is 11.3 Å². The number of amides is 2. The van der Waals surface area contributed by atoms with Gasteiger partial charge in [-0.2, -0.15) is 0 Å². The van der Waals surface area contributed by atoms with Crippen LogP contribution < -0.4 is 10.2 Å². The number of H-pyrrole nitrogens is 1. The number of carbonyl (C=O) groups is 2. The number of rotatable bonds is 10. The lowest BCUT2D eigenvalue weighted by Gasteiger charge is -2.18. The van der Waals surface area contributed by atoms with E-state index >= 15 is 0 Å². The van der Waals surface area contributed by atoms with Crippen molar-refractivity contribution >= 4 is 17.8 Å². The molecule has 0 spiro atoms. The smallest absolute Gasteiger partial charge is 0.322 e. The molecule has 0 aliphatic carbocycles. The third-order valence-corrected chi connectivity index (χ3v) is 4.88. The SMILES string of the molecule is CCO[C@@H](CC(=O)O)c1ccc(-c2cccc(N(C)C(=O)NCCc3ncc[nH]3)n2)cc1. The Morgan fingerprint density at radius 3 is 2.66 bits per heavy atom. The summed E-state index contributed by atoms with van der Waals surface area (Å²) in [4.78, 5) is 36.8. The third-order valence-electron chi connectivity index (χ3n) is 4.88. The van der Waals surface area contributed by atoms with Crippen LogP contribution in [-0.4, -0.2) is 52.3 Å². The monoisotopic (exact) mass is 437 g/mol. The van der Waals surface area contributed by atoms with E-state index in [0.29, 0.717) is 31.1 Å².